The molecule has 0 aromatic carbocycles. The fourth-order valence-electron chi connectivity index (χ4n) is 1.14. The van der Waals surface area contributed by atoms with E-state index in [-0.39, 0.29) is 12.2 Å². The number of aromatic carboxylic acids is 1. The Morgan fingerprint density at radius 2 is 2.11 bits per heavy atom. The monoisotopic (exact) mass is 267 g/mol. The van der Waals surface area contributed by atoms with E-state index in [0.29, 0.717) is 5.69 Å². The molecule has 0 aliphatic carbocycles. The number of urea groups is 1. The Hall–Kier alpha value is -2.64. The van der Waals surface area contributed by atoms with Gasteiger partial charge in [0.1, 0.15) is 12.2 Å². The van der Waals surface area contributed by atoms with Crippen LogP contribution in [-0.2, 0) is 9.53 Å². The van der Waals surface area contributed by atoms with Crippen LogP contribution in [0.5, 0.6) is 0 Å². The van der Waals surface area contributed by atoms with Gasteiger partial charge in [-0.25, -0.2) is 14.6 Å². The zero-order valence-corrected chi connectivity index (χ0v) is 10.4. The lowest BCUT2D eigenvalue weighted by molar-refractivity contribution is -0.140. The van der Waals surface area contributed by atoms with Gasteiger partial charge in [-0.1, -0.05) is 0 Å². The van der Waals surface area contributed by atoms with E-state index in [1.54, 1.807) is 0 Å². The summed E-state index contributed by atoms with van der Waals surface area (Å²) in [6.45, 7) is -0.191. The molecule has 0 atom stereocenters. The number of hydrogen-bond donors (Lipinski definition) is 2. The number of anilines is 1. The Bertz CT molecular complexity index is 486. The number of esters is 1. The van der Waals surface area contributed by atoms with Crippen LogP contribution in [-0.4, -0.2) is 53.7 Å². The minimum atomic E-state index is -1.15. The highest BCUT2D eigenvalue weighted by Gasteiger charge is 2.13. The van der Waals surface area contributed by atoms with E-state index in [4.69, 9.17) is 5.11 Å². The number of nitrogens with zero attached hydrogens (tertiary/aromatic N) is 2. The van der Waals surface area contributed by atoms with E-state index < -0.39 is 18.0 Å². The van der Waals surface area contributed by atoms with Crippen molar-refractivity contribution >= 4 is 23.7 Å². The molecule has 8 heteroatoms. The lowest BCUT2D eigenvalue weighted by atomic mass is 10.3. The third-order valence-corrected chi connectivity index (χ3v) is 2.17. The average molecular weight is 267 g/mol. The Labute approximate surface area is 109 Å². The topological polar surface area (TPSA) is 109 Å². The maximum atomic E-state index is 11.6. The molecule has 0 saturated carbocycles. The zero-order valence-electron chi connectivity index (χ0n) is 10.4. The fraction of sp³-hybridized carbons (Fsp3) is 0.273. The number of hydrogen-bond acceptors (Lipinski definition) is 5. The molecule has 1 rings (SSSR count). The van der Waals surface area contributed by atoms with Crippen LogP contribution in [0, 0.1) is 0 Å². The summed E-state index contributed by atoms with van der Waals surface area (Å²) in [6, 6.07) is 2.13. The number of amides is 2. The van der Waals surface area contributed by atoms with Gasteiger partial charge in [-0.05, 0) is 12.1 Å². The first-order valence-electron chi connectivity index (χ1n) is 5.22. The van der Waals surface area contributed by atoms with E-state index in [0.717, 1.165) is 4.90 Å². The molecule has 2 N–H and O–H groups in total. The lowest BCUT2D eigenvalue weighted by Gasteiger charge is -2.16. The molecule has 102 valence electrons. The van der Waals surface area contributed by atoms with Crippen molar-refractivity contribution in [1.82, 2.24) is 9.88 Å². The normalized spacial score (nSPS) is 9.58. The second kappa shape index (κ2) is 6.34. The van der Waals surface area contributed by atoms with Crippen LogP contribution in [0.2, 0.25) is 0 Å². The number of carboxylic acid groups (broad SMARTS) is 1. The van der Waals surface area contributed by atoms with Crippen molar-refractivity contribution in [2.24, 2.45) is 0 Å². The Kier molecular flexibility index (Phi) is 4.81. The van der Waals surface area contributed by atoms with Gasteiger partial charge in [-0.3, -0.25) is 4.79 Å². The number of ether oxygens (including phenoxy) is 1. The van der Waals surface area contributed by atoms with Gasteiger partial charge in [0.2, 0.25) is 0 Å². The standard InChI is InChI=1S/C11H13N3O5/c1-14(6-9(15)19-2)11(18)13-7-3-4-8(10(16)17)12-5-7/h3-5H,6H2,1-2H3,(H,13,18)(H,16,17). The SMILES string of the molecule is COC(=O)CN(C)C(=O)Nc1ccc(C(=O)O)nc1. The molecule has 0 unspecified atom stereocenters. The summed E-state index contributed by atoms with van der Waals surface area (Å²) < 4.78 is 4.43. The van der Waals surface area contributed by atoms with Crippen molar-refractivity contribution in [3.63, 3.8) is 0 Å². The Balaban J connectivity index is 2.61. The molecule has 0 bridgehead atoms. The lowest BCUT2D eigenvalue weighted by Crippen LogP contribution is -2.35. The van der Waals surface area contributed by atoms with Crippen LogP contribution in [0.4, 0.5) is 10.5 Å². The third-order valence-electron chi connectivity index (χ3n) is 2.17. The van der Waals surface area contributed by atoms with Gasteiger partial charge >= 0.3 is 18.0 Å². The van der Waals surface area contributed by atoms with Crippen molar-refractivity contribution < 1.29 is 24.2 Å². The molecule has 0 radical (unpaired) electrons. The summed E-state index contributed by atoms with van der Waals surface area (Å²) >= 11 is 0. The summed E-state index contributed by atoms with van der Waals surface area (Å²) in [5.41, 5.74) is 0.202. The van der Waals surface area contributed by atoms with E-state index >= 15 is 0 Å². The molecule has 0 fully saturated rings. The van der Waals surface area contributed by atoms with Gasteiger partial charge in [-0.2, -0.15) is 0 Å². The molecule has 0 spiro atoms. The first kappa shape index (κ1) is 14.4. The predicted octanol–water partition coefficient (Wildman–Crippen LogP) is 0.416. The molecule has 1 aromatic rings. The maximum absolute atomic E-state index is 11.6. The molecule has 19 heavy (non-hydrogen) atoms. The van der Waals surface area contributed by atoms with E-state index in [2.05, 4.69) is 15.0 Å². The number of carbonyl (C=O) groups is 3. The first-order chi connectivity index (χ1) is 8.93. The average Bonchev–Trinajstić information content (AvgIpc) is 2.38. The van der Waals surface area contributed by atoms with Crippen molar-refractivity contribution in [2.75, 3.05) is 26.0 Å². The van der Waals surface area contributed by atoms with Gasteiger partial charge in [0.05, 0.1) is 19.0 Å². The number of likely N-dealkylation sites (N-methyl/N-ethyl adjacent to an activating group) is 1. The Morgan fingerprint density at radius 3 is 2.58 bits per heavy atom. The van der Waals surface area contributed by atoms with Crippen LogP contribution < -0.4 is 5.32 Å². The second-order valence-electron chi connectivity index (χ2n) is 3.60. The van der Waals surface area contributed by atoms with Crippen molar-refractivity contribution in [2.45, 2.75) is 0 Å². The fourth-order valence-corrected chi connectivity index (χ4v) is 1.14. The van der Waals surface area contributed by atoms with Gasteiger partial charge < -0.3 is 20.1 Å². The predicted molar refractivity (Wildman–Crippen MR) is 64.9 cm³/mol. The highest BCUT2D eigenvalue weighted by atomic mass is 16.5. The molecule has 1 heterocycles. The summed E-state index contributed by atoms with van der Waals surface area (Å²) in [6.07, 6.45) is 1.22. The number of nitrogens with one attached hydrogen (secondary N) is 1. The van der Waals surface area contributed by atoms with Crippen molar-refractivity contribution in [3.05, 3.63) is 24.0 Å². The van der Waals surface area contributed by atoms with Crippen LogP contribution in [0.1, 0.15) is 10.5 Å². The molecule has 0 aliphatic heterocycles. The van der Waals surface area contributed by atoms with Crippen LogP contribution >= 0.6 is 0 Å². The number of pyridine rings is 1. The van der Waals surface area contributed by atoms with E-state index in [1.807, 2.05) is 0 Å². The number of methoxy groups -OCH3 is 1. The molecule has 8 nitrogen and oxygen atoms in total. The quantitative estimate of drug-likeness (QED) is 0.765. The number of aromatic nitrogens is 1. The summed E-state index contributed by atoms with van der Waals surface area (Å²) in [4.78, 5) is 38.0. The Morgan fingerprint density at radius 1 is 1.42 bits per heavy atom. The van der Waals surface area contributed by atoms with Gasteiger partial charge in [0, 0.05) is 7.05 Å². The minimum absolute atomic E-state index is 0.124. The second-order valence-corrected chi connectivity index (χ2v) is 3.60. The highest BCUT2D eigenvalue weighted by Crippen LogP contribution is 2.07. The van der Waals surface area contributed by atoms with Gasteiger partial charge in [0.15, 0.2) is 0 Å². The molecular weight excluding hydrogens is 254 g/mol. The summed E-state index contributed by atoms with van der Waals surface area (Å²) in [5, 5.41) is 11.1. The van der Waals surface area contributed by atoms with Gasteiger partial charge in [-0.15, -0.1) is 0 Å². The molecular formula is C11H13N3O5. The van der Waals surface area contributed by atoms with Crippen LogP contribution in [0.3, 0.4) is 0 Å². The third kappa shape index (κ3) is 4.26. The molecule has 0 aliphatic rings. The van der Waals surface area contributed by atoms with E-state index in [1.165, 1.54) is 32.5 Å². The minimum Gasteiger partial charge on any atom is -0.477 e. The smallest absolute Gasteiger partial charge is 0.354 e. The number of carbonyl (C=O) groups excluding carboxylic acids is 2. The van der Waals surface area contributed by atoms with Crippen molar-refractivity contribution in [3.8, 4) is 0 Å². The highest BCUT2D eigenvalue weighted by molar-refractivity contribution is 5.91. The van der Waals surface area contributed by atoms with Crippen LogP contribution in [0.25, 0.3) is 0 Å². The largest absolute Gasteiger partial charge is 0.477 e. The molecule has 1 aromatic heterocycles. The number of rotatable bonds is 4. The maximum Gasteiger partial charge on any atom is 0.354 e. The van der Waals surface area contributed by atoms with Crippen LogP contribution in [0.15, 0.2) is 18.3 Å². The summed E-state index contributed by atoms with van der Waals surface area (Å²) in [7, 11) is 2.65. The summed E-state index contributed by atoms with van der Waals surface area (Å²) in [5.74, 6) is -1.70. The number of carboxylic acids is 1. The molecule has 2 amide bonds. The van der Waals surface area contributed by atoms with E-state index in [9.17, 15) is 14.4 Å². The van der Waals surface area contributed by atoms with Gasteiger partial charge in [0.25, 0.3) is 0 Å². The van der Waals surface area contributed by atoms with Crippen molar-refractivity contribution in [1.29, 1.82) is 0 Å². The first-order valence-corrected chi connectivity index (χ1v) is 5.22. The zero-order chi connectivity index (χ0) is 14.4. The molecule has 0 saturated heterocycles.